The average molecular weight is 296 g/mol. The highest BCUT2D eigenvalue weighted by atomic mass is 32.2. The van der Waals surface area contributed by atoms with E-state index in [2.05, 4.69) is 12.2 Å². The number of nitrogens with zero attached hydrogens (tertiary/aromatic N) is 1. The quantitative estimate of drug-likeness (QED) is 0.838. The number of sulfonamides is 1. The van der Waals surface area contributed by atoms with Crippen LogP contribution in [0.25, 0.3) is 0 Å². The van der Waals surface area contributed by atoms with Crippen molar-refractivity contribution in [2.75, 3.05) is 20.1 Å². The first-order valence-electron chi connectivity index (χ1n) is 7.21. The van der Waals surface area contributed by atoms with Gasteiger partial charge in [-0.3, -0.25) is 0 Å². The van der Waals surface area contributed by atoms with Gasteiger partial charge in [-0.1, -0.05) is 32.0 Å². The second-order valence-electron chi connectivity index (χ2n) is 5.65. The molecule has 1 fully saturated rings. The van der Waals surface area contributed by atoms with Gasteiger partial charge in [-0.2, -0.15) is 0 Å². The zero-order chi connectivity index (χ0) is 14.8. The molecule has 1 saturated carbocycles. The molecule has 1 N–H and O–H groups in total. The molecule has 0 aromatic heterocycles. The van der Waals surface area contributed by atoms with Crippen molar-refractivity contribution in [1.29, 1.82) is 0 Å². The molecule has 0 radical (unpaired) electrons. The van der Waals surface area contributed by atoms with Gasteiger partial charge in [0.2, 0.25) is 10.0 Å². The normalized spacial score (nSPS) is 22.2. The summed E-state index contributed by atoms with van der Waals surface area (Å²) in [5.41, 5.74) is 0.838. The average Bonchev–Trinajstić information content (AvgIpc) is 3.12. The third-order valence-electron chi connectivity index (χ3n) is 3.99. The number of rotatable bonds is 7. The Morgan fingerprint density at radius 2 is 2.00 bits per heavy atom. The molecule has 4 nitrogen and oxygen atoms in total. The van der Waals surface area contributed by atoms with Crippen molar-refractivity contribution in [3.05, 3.63) is 29.8 Å². The Balaban J connectivity index is 2.19. The maximum absolute atomic E-state index is 12.7. The van der Waals surface area contributed by atoms with Crippen LogP contribution in [0.4, 0.5) is 0 Å². The van der Waals surface area contributed by atoms with E-state index in [9.17, 15) is 8.42 Å². The van der Waals surface area contributed by atoms with Crippen molar-refractivity contribution >= 4 is 10.0 Å². The fraction of sp³-hybridized carbons (Fsp3) is 0.600. The van der Waals surface area contributed by atoms with Gasteiger partial charge in [0.25, 0.3) is 0 Å². The first kappa shape index (κ1) is 15.5. The third kappa shape index (κ3) is 3.40. The predicted molar refractivity (Wildman–Crippen MR) is 80.9 cm³/mol. The van der Waals surface area contributed by atoms with E-state index >= 15 is 0 Å². The monoisotopic (exact) mass is 296 g/mol. The summed E-state index contributed by atoms with van der Waals surface area (Å²) in [6, 6.07) is 7.25. The summed E-state index contributed by atoms with van der Waals surface area (Å²) < 4.78 is 26.9. The van der Waals surface area contributed by atoms with Gasteiger partial charge in [-0.25, -0.2) is 12.7 Å². The van der Waals surface area contributed by atoms with Gasteiger partial charge in [0.1, 0.15) is 0 Å². The van der Waals surface area contributed by atoms with E-state index in [0.29, 0.717) is 29.8 Å². The standard InChI is InChI=1S/C15H24N2O2S/c1-4-16-10-13-7-5-6-8-15(13)20(18,19)17(3)11-14-9-12(14)2/h5-8,12,14,16H,4,9-11H2,1-3H3. The largest absolute Gasteiger partial charge is 0.313 e. The van der Waals surface area contributed by atoms with Crippen LogP contribution in [0, 0.1) is 11.8 Å². The molecule has 1 aromatic carbocycles. The van der Waals surface area contributed by atoms with Crippen LogP contribution in [-0.4, -0.2) is 32.9 Å². The van der Waals surface area contributed by atoms with E-state index in [1.165, 1.54) is 4.31 Å². The molecule has 1 aromatic rings. The third-order valence-corrected chi connectivity index (χ3v) is 5.92. The van der Waals surface area contributed by atoms with Gasteiger partial charge in [0, 0.05) is 20.1 Å². The summed E-state index contributed by atoms with van der Waals surface area (Å²) in [6.45, 7) is 6.21. The van der Waals surface area contributed by atoms with Crippen LogP contribution in [-0.2, 0) is 16.6 Å². The first-order valence-corrected chi connectivity index (χ1v) is 8.65. The SMILES string of the molecule is CCNCc1ccccc1S(=O)(=O)N(C)CC1CC1C. The molecule has 2 rings (SSSR count). The van der Waals surface area contributed by atoms with Crippen molar-refractivity contribution in [2.24, 2.45) is 11.8 Å². The van der Waals surface area contributed by atoms with Gasteiger partial charge < -0.3 is 5.32 Å². The van der Waals surface area contributed by atoms with Gasteiger partial charge in [0.15, 0.2) is 0 Å². The van der Waals surface area contributed by atoms with Crippen LogP contribution in [0.5, 0.6) is 0 Å². The Kier molecular flexibility index (Phi) is 4.83. The smallest absolute Gasteiger partial charge is 0.243 e. The second kappa shape index (κ2) is 6.24. The molecule has 0 saturated heterocycles. The lowest BCUT2D eigenvalue weighted by molar-refractivity contribution is 0.444. The molecule has 0 amide bonds. The molecule has 0 aliphatic heterocycles. The van der Waals surface area contributed by atoms with E-state index < -0.39 is 10.0 Å². The summed E-state index contributed by atoms with van der Waals surface area (Å²) in [6.07, 6.45) is 1.14. The first-order chi connectivity index (χ1) is 9.46. The zero-order valence-electron chi connectivity index (χ0n) is 12.5. The highest BCUT2D eigenvalue weighted by Crippen LogP contribution is 2.38. The Morgan fingerprint density at radius 3 is 2.60 bits per heavy atom. The van der Waals surface area contributed by atoms with Crippen molar-refractivity contribution < 1.29 is 8.42 Å². The fourth-order valence-electron chi connectivity index (χ4n) is 2.41. The molecule has 2 unspecified atom stereocenters. The van der Waals surface area contributed by atoms with Gasteiger partial charge in [-0.15, -0.1) is 0 Å². The molecule has 1 aliphatic carbocycles. The Bertz CT molecular complexity index is 557. The highest BCUT2D eigenvalue weighted by Gasteiger charge is 2.36. The van der Waals surface area contributed by atoms with Crippen molar-refractivity contribution in [3.63, 3.8) is 0 Å². The second-order valence-corrected chi connectivity index (χ2v) is 7.66. The Hall–Kier alpha value is -0.910. The molecule has 1 aliphatic rings. The highest BCUT2D eigenvalue weighted by molar-refractivity contribution is 7.89. The maximum Gasteiger partial charge on any atom is 0.243 e. The van der Waals surface area contributed by atoms with Crippen LogP contribution < -0.4 is 5.32 Å². The molecule has 0 bridgehead atoms. The van der Waals surface area contributed by atoms with Crippen molar-refractivity contribution in [2.45, 2.75) is 31.7 Å². The molecule has 5 heteroatoms. The lowest BCUT2D eigenvalue weighted by Crippen LogP contribution is -2.30. The predicted octanol–water partition coefficient (Wildman–Crippen LogP) is 2.07. The minimum Gasteiger partial charge on any atom is -0.313 e. The zero-order valence-corrected chi connectivity index (χ0v) is 13.3. The van der Waals surface area contributed by atoms with E-state index in [0.717, 1.165) is 18.5 Å². The van der Waals surface area contributed by atoms with Gasteiger partial charge in [-0.05, 0) is 36.4 Å². The molecular formula is C15H24N2O2S. The molecule has 0 heterocycles. The number of hydrogen-bond acceptors (Lipinski definition) is 3. The lowest BCUT2D eigenvalue weighted by Gasteiger charge is -2.19. The topological polar surface area (TPSA) is 49.4 Å². The lowest BCUT2D eigenvalue weighted by atomic mass is 10.2. The molecule has 2 atom stereocenters. The number of nitrogens with one attached hydrogen (secondary N) is 1. The summed E-state index contributed by atoms with van der Waals surface area (Å²) >= 11 is 0. The summed E-state index contributed by atoms with van der Waals surface area (Å²) in [5, 5.41) is 3.19. The number of benzene rings is 1. The van der Waals surface area contributed by atoms with Gasteiger partial charge in [0.05, 0.1) is 4.90 Å². The van der Waals surface area contributed by atoms with Crippen LogP contribution >= 0.6 is 0 Å². The Morgan fingerprint density at radius 1 is 1.35 bits per heavy atom. The van der Waals surface area contributed by atoms with Gasteiger partial charge >= 0.3 is 0 Å². The van der Waals surface area contributed by atoms with E-state index in [1.54, 1.807) is 19.2 Å². The van der Waals surface area contributed by atoms with E-state index in [1.807, 2.05) is 19.1 Å². The van der Waals surface area contributed by atoms with Crippen LogP contribution in [0.15, 0.2) is 29.2 Å². The van der Waals surface area contributed by atoms with Crippen LogP contribution in [0.2, 0.25) is 0 Å². The summed E-state index contributed by atoms with van der Waals surface area (Å²) in [4.78, 5) is 0.428. The Labute approximate surface area is 122 Å². The van der Waals surface area contributed by atoms with Crippen LogP contribution in [0.1, 0.15) is 25.8 Å². The summed E-state index contributed by atoms with van der Waals surface area (Å²) in [7, 11) is -1.70. The minimum atomic E-state index is -3.39. The van der Waals surface area contributed by atoms with E-state index in [4.69, 9.17) is 0 Å². The molecule has 20 heavy (non-hydrogen) atoms. The minimum absolute atomic E-state index is 0.428. The van der Waals surface area contributed by atoms with Crippen molar-refractivity contribution in [1.82, 2.24) is 9.62 Å². The van der Waals surface area contributed by atoms with Crippen molar-refractivity contribution in [3.8, 4) is 0 Å². The molecular weight excluding hydrogens is 272 g/mol. The number of hydrogen-bond donors (Lipinski definition) is 1. The van der Waals surface area contributed by atoms with E-state index in [-0.39, 0.29) is 0 Å². The molecule has 112 valence electrons. The fourth-order valence-corrected chi connectivity index (χ4v) is 3.86. The molecule has 0 spiro atoms. The summed E-state index contributed by atoms with van der Waals surface area (Å²) in [5.74, 6) is 1.18. The maximum atomic E-state index is 12.7. The van der Waals surface area contributed by atoms with Crippen LogP contribution in [0.3, 0.4) is 0 Å².